The molecule has 1 aliphatic carbocycles. The summed E-state index contributed by atoms with van der Waals surface area (Å²) in [5, 5.41) is 17.8. The number of hydrogen-bond donors (Lipinski definition) is 1. The fourth-order valence-corrected chi connectivity index (χ4v) is 0.809. The van der Waals surface area contributed by atoms with Crippen LogP contribution in [0.2, 0.25) is 0 Å². The fourth-order valence-electron chi connectivity index (χ4n) is 0.809. The predicted molar refractivity (Wildman–Crippen MR) is 33.6 cm³/mol. The van der Waals surface area contributed by atoms with Crippen molar-refractivity contribution in [3.8, 4) is 6.07 Å². The molecule has 0 radical (unpaired) electrons. The summed E-state index contributed by atoms with van der Waals surface area (Å²) < 4.78 is 0. The van der Waals surface area contributed by atoms with E-state index in [0.29, 0.717) is 0 Å². The van der Waals surface area contributed by atoms with Crippen molar-refractivity contribution in [2.24, 2.45) is 5.41 Å². The van der Waals surface area contributed by atoms with Crippen molar-refractivity contribution >= 4 is 0 Å². The Kier molecular flexibility index (Phi) is 1.08. The summed E-state index contributed by atoms with van der Waals surface area (Å²) in [6, 6.07) is 1.90. The minimum atomic E-state index is -1.10. The van der Waals surface area contributed by atoms with Crippen LogP contribution in [0, 0.1) is 16.7 Å². The second-order valence-electron chi connectivity index (χ2n) is 3.24. The lowest BCUT2D eigenvalue weighted by Crippen LogP contribution is -2.31. The molecule has 1 fully saturated rings. The molecular formula is C7H11NO. The second kappa shape index (κ2) is 1.48. The van der Waals surface area contributed by atoms with Crippen molar-refractivity contribution in [3.05, 3.63) is 0 Å². The molecule has 0 aliphatic heterocycles. The van der Waals surface area contributed by atoms with Crippen molar-refractivity contribution in [3.63, 3.8) is 0 Å². The number of aliphatic hydroxyl groups is 1. The maximum absolute atomic E-state index is 9.36. The minimum absolute atomic E-state index is 0.109. The highest BCUT2D eigenvalue weighted by Crippen LogP contribution is 2.53. The lowest BCUT2D eigenvalue weighted by Gasteiger charge is -2.21. The molecular weight excluding hydrogens is 114 g/mol. The molecule has 50 valence electrons. The van der Waals surface area contributed by atoms with Gasteiger partial charge in [0.2, 0.25) is 0 Å². The molecule has 1 atom stereocenters. The van der Waals surface area contributed by atoms with E-state index < -0.39 is 5.60 Å². The molecule has 2 heteroatoms. The summed E-state index contributed by atoms with van der Waals surface area (Å²) in [5.74, 6) is 0. The Morgan fingerprint density at radius 2 is 2.11 bits per heavy atom. The third-order valence-electron chi connectivity index (χ3n) is 2.39. The van der Waals surface area contributed by atoms with Crippen LogP contribution in [0.4, 0.5) is 0 Å². The van der Waals surface area contributed by atoms with Gasteiger partial charge in [0.15, 0.2) is 5.60 Å². The molecule has 9 heavy (non-hydrogen) atoms. The van der Waals surface area contributed by atoms with Crippen LogP contribution in [0.1, 0.15) is 26.7 Å². The van der Waals surface area contributed by atoms with Gasteiger partial charge in [-0.05, 0) is 19.8 Å². The molecule has 0 bridgehead atoms. The Morgan fingerprint density at radius 3 is 2.22 bits per heavy atom. The Morgan fingerprint density at radius 1 is 1.67 bits per heavy atom. The average molecular weight is 125 g/mol. The van der Waals surface area contributed by atoms with Crippen molar-refractivity contribution in [1.29, 1.82) is 5.26 Å². The molecule has 1 unspecified atom stereocenters. The number of nitrogens with zero attached hydrogens (tertiary/aromatic N) is 1. The molecule has 1 N–H and O–H groups in total. The molecule has 0 amide bonds. The zero-order valence-corrected chi connectivity index (χ0v) is 5.81. The third kappa shape index (κ3) is 0.818. The highest BCUT2D eigenvalue weighted by Gasteiger charge is 2.52. The zero-order chi connectivity index (χ0) is 7.12. The van der Waals surface area contributed by atoms with Gasteiger partial charge in [0.1, 0.15) is 0 Å². The summed E-state index contributed by atoms with van der Waals surface area (Å²) >= 11 is 0. The lowest BCUT2D eigenvalue weighted by molar-refractivity contribution is 0.0482. The van der Waals surface area contributed by atoms with Crippen LogP contribution in [0.25, 0.3) is 0 Å². The van der Waals surface area contributed by atoms with E-state index in [0.717, 1.165) is 12.8 Å². The van der Waals surface area contributed by atoms with E-state index in [1.165, 1.54) is 0 Å². The topological polar surface area (TPSA) is 44.0 Å². The molecule has 0 saturated heterocycles. The first-order valence-corrected chi connectivity index (χ1v) is 3.15. The van der Waals surface area contributed by atoms with Crippen LogP contribution < -0.4 is 0 Å². The van der Waals surface area contributed by atoms with Crippen molar-refractivity contribution in [2.75, 3.05) is 0 Å². The van der Waals surface area contributed by atoms with Gasteiger partial charge in [0, 0.05) is 5.41 Å². The van der Waals surface area contributed by atoms with Gasteiger partial charge in [0.05, 0.1) is 6.07 Å². The SMILES string of the molecule is CC(O)(C#N)C1(C)CC1. The molecule has 2 nitrogen and oxygen atoms in total. The first kappa shape index (κ1) is 6.57. The summed E-state index contributed by atoms with van der Waals surface area (Å²) in [4.78, 5) is 0. The molecule has 0 aromatic carbocycles. The van der Waals surface area contributed by atoms with E-state index in [-0.39, 0.29) is 5.41 Å². The van der Waals surface area contributed by atoms with E-state index in [4.69, 9.17) is 5.26 Å². The Balaban J connectivity index is 2.73. The molecule has 1 aliphatic rings. The van der Waals surface area contributed by atoms with E-state index >= 15 is 0 Å². The van der Waals surface area contributed by atoms with E-state index in [1.807, 2.05) is 13.0 Å². The standard InChI is InChI=1S/C7H11NO/c1-6(3-4-6)7(2,9)5-8/h9H,3-4H2,1-2H3. The van der Waals surface area contributed by atoms with E-state index in [2.05, 4.69) is 0 Å². The summed E-state index contributed by atoms with van der Waals surface area (Å²) in [5.41, 5.74) is -1.21. The van der Waals surface area contributed by atoms with E-state index in [1.54, 1.807) is 6.92 Å². The van der Waals surface area contributed by atoms with Gasteiger partial charge >= 0.3 is 0 Å². The Hall–Kier alpha value is -0.550. The average Bonchev–Trinajstić information content (AvgIpc) is 2.49. The van der Waals surface area contributed by atoms with E-state index in [9.17, 15) is 5.11 Å². The van der Waals surface area contributed by atoms with Gasteiger partial charge in [-0.2, -0.15) is 5.26 Å². The summed E-state index contributed by atoms with van der Waals surface area (Å²) in [6.07, 6.45) is 1.96. The van der Waals surface area contributed by atoms with Gasteiger partial charge in [-0.1, -0.05) is 6.92 Å². The Bertz CT molecular complexity index is 162. The van der Waals surface area contributed by atoms with Crippen molar-refractivity contribution in [1.82, 2.24) is 0 Å². The van der Waals surface area contributed by atoms with Crippen LogP contribution in [-0.4, -0.2) is 10.7 Å². The quantitative estimate of drug-likeness (QED) is 0.532. The molecule has 1 saturated carbocycles. The molecule has 0 heterocycles. The van der Waals surface area contributed by atoms with Crippen molar-refractivity contribution < 1.29 is 5.11 Å². The monoisotopic (exact) mass is 125 g/mol. The minimum Gasteiger partial charge on any atom is -0.375 e. The first-order chi connectivity index (χ1) is 4.02. The molecule has 0 aromatic rings. The van der Waals surface area contributed by atoms with Crippen LogP contribution in [0.15, 0.2) is 0 Å². The van der Waals surface area contributed by atoms with Gasteiger partial charge in [-0.3, -0.25) is 0 Å². The zero-order valence-electron chi connectivity index (χ0n) is 5.81. The normalized spacial score (nSPS) is 28.2. The smallest absolute Gasteiger partial charge is 0.153 e. The number of hydrogen-bond acceptors (Lipinski definition) is 2. The van der Waals surface area contributed by atoms with Gasteiger partial charge in [-0.25, -0.2) is 0 Å². The summed E-state index contributed by atoms with van der Waals surface area (Å²) in [7, 11) is 0. The highest BCUT2D eigenvalue weighted by atomic mass is 16.3. The largest absolute Gasteiger partial charge is 0.375 e. The molecule has 0 spiro atoms. The van der Waals surface area contributed by atoms with Crippen LogP contribution in [-0.2, 0) is 0 Å². The van der Waals surface area contributed by atoms with Crippen LogP contribution in [0.5, 0.6) is 0 Å². The first-order valence-electron chi connectivity index (χ1n) is 3.15. The van der Waals surface area contributed by atoms with Crippen LogP contribution >= 0.6 is 0 Å². The van der Waals surface area contributed by atoms with Gasteiger partial charge in [0.25, 0.3) is 0 Å². The Labute approximate surface area is 55.1 Å². The number of rotatable bonds is 1. The highest BCUT2D eigenvalue weighted by molar-refractivity contribution is 5.14. The lowest BCUT2D eigenvalue weighted by atomic mass is 9.89. The van der Waals surface area contributed by atoms with Crippen molar-refractivity contribution in [2.45, 2.75) is 32.3 Å². The molecule has 1 rings (SSSR count). The maximum Gasteiger partial charge on any atom is 0.153 e. The van der Waals surface area contributed by atoms with Crippen LogP contribution in [0.3, 0.4) is 0 Å². The number of nitriles is 1. The predicted octanol–water partition coefficient (Wildman–Crippen LogP) is 1.06. The fraction of sp³-hybridized carbons (Fsp3) is 0.857. The molecule has 0 aromatic heterocycles. The third-order valence-corrected chi connectivity index (χ3v) is 2.39. The maximum atomic E-state index is 9.36. The second-order valence-corrected chi connectivity index (χ2v) is 3.24. The summed E-state index contributed by atoms with van der Waals surface area (Å²) in [6.45, 7) is 3.52. The van der Waals surface area contributed by atoms with Gasteiger partial charge < -0.3 is 5.11 Å². The van der Waals surface area contributed by atoms with Gasteiger partial charge in [-0.15, -0.1) is 0 Å².